The quantitative estimate of drug-likeness (QED) is 0.321. The predicted molar refractivity (Wildman–Crippen MR) is 158 cm³/mol. The molecule has 0 heterocycles. The highest BCUT2D eigenvalue weighted by Crippen LogP contribution is 2.30. The third kappa shape index (κ3) is 7.76. The molecule has 0 aliphatic carbocycles. The molecule has 0 radical (unpaired) electrons. The van der Waals surface area contributed by atoms with Crippen LogP contribution in [0.5, 0.6) is 5.75 Å². The van der Waals surface area contributed by atoms with Crippen molar-refractivity contribution < 1.29 is 22.7 Å². The lowest BCUT2D eigenvalue weighted by atomic mass is 10.1. The first-order chi connectivity index (χ1) is 18.9. The summed E-state index contributed by atoms with van der Waals surface area (Å²) in [6, 6.07) is 19.1. The molecule has 40 heavy (non-hydrogen) atoms. The molecule has 0 aliphatic rings. The minimum atomic E-state index is -4.17. The number of hydrogen-bond donors (Lipinski definition) is 1. The molecule has 0 bridgehead atoms. The van der Waals surface area contributed by atoms with E-state index in [1.54, 1.807) is 69.5 Å². The van der Waals surface area contributed by atoms with Gasteiger partial charge in [0.05, 0.1) is 17.7 Å². The molecule has 2 amide bonds. The van der Waals surface area contributed by atoms with Gasteiger partial charge in [-0.2, -0.15) is 0 Å². The van der Waals surface area contributed by atoms with E-state index in [0.29, 0.717) is 22.9 Å². The molecule has 0 spiro atoms. The number of nitrogens with zero attached hydrogens (tertiary/aromatic N) is 2. The summed E-state index contributed by atoms with van der Waals surface area (Å²) in [6.07, 6.45) is 0. The standard InChI is InChI=1S/C30H36ClN3O5S/c1-21(2)18-32-30(36)23(4)33(19-24-10-9-11-26(16-24)39-5)29(35)20-34(28-17-25(31)15-14-22(28)3)40(37,38)27-12-7-6-8-13-27/h6-17,21,23H,18-20H2,1-5H3,(H,32,36)/t23-/m0/s1. The summed E-state index contributed by atoms with van der Waals surface area (Å²) in [5.74, 6) is -0.0594. The largest absolute Gasteiger partial charge is 0.497 e. The van der Waals surface area contributed by atoms with Crippen LogP contribution in [-0.2, 0) is 26.2 Å². The highest BCUT2D eigenvalue weighted by molar-refractivity contribution is 7.92. The van der Waals surface area contributed by atoms with Gasteiger partial charge in [-0.05, 0) is 67.3 Å². The lowest BCUT2D eigenvalue weighted by Gasteiger charge is -2.32. The Morgan fingerprint density at radius 1 is 0.975 bits per heavy atom. The van der Waals surface area contributed by atoms with Crippen LogP contribution in [0.3, 0.4) is 0 Å². The fourth-order valence-electron chi connectivity index (χ4n) is 4.09. The van der Waals surface area contributed by atoms with Gasteiger partial charge < -0.3 is 15.0 Å². The number of sulfonamides is 1. The summed E-state index contributed by atoms with van der Waals surface area (Å²) >= 11 is 6.26. The average Bonchev–Trinajstić information content (AvgIpc) is 2.94. The zero-order valence-electron chi connectivity index (χ0n) is 23.4. The number of benzene rings is 3. The Hall–Kier alpha value is -3.56. The van der Waals surface area contributed by atoms with Gasteiger partial charge in [-0.1, -0.05) is 61.8 Å². The Kier molecular flexibility index (Phi) is 10.6. The summed E-state index contributed by atoms with van der Waals surface area (Å²) in [5, 5.41) is 3.21. The Labute approximate surface area is 241 Å². The number of carbonyl (C=O) groups is 2. The number of carbonyl (C=O) groups excluding carboxylic acids is 2. The van der Waals surface area contributed by atoms with Crippen molar-refractivity contribution in [1.29, 1.82) is 0 Å². The van der Waals surface area contributed by atoms with Crippen molar-refractivity contribution in [3.8, 4) is 5.75 Å². The average molecular weight is 586 g/mol. The Morgan fingerprint density at radius 2 is 1.68 bits per heavy atom. The molecule has 214 valence electrons. The van der Waals surface area contributed by atoms with Crippen molar-refractivity contribution in [3.63, 3.8) is 0 Å². The second-order valence-corrected chi connectivity index (χ2v) is 12.2. The van der Waals surface area contributed by atoms with Crippen molar-refractivity contribution in [1.82, 2.24) is 10.2 Å². The van der Waals surface area contributed by atoms with Gasteiger partial charge in [0.2, 0.25) is 11.8 Å². The number of rotatable bonds is 12. The number of nitrogens with one attached hydrogen (secondary N) is 1. The van der Waals surface area contributed by atoms with Crippen LogP contribution in [0.25, 0.3) is 0 Å². The van der Waals surface area contributed by atoms with E-state index in [2.05, 4.69) is 5.32 Å². The van der Waals surface area contributed by atoms with E-state index in [-0.39, 0.29) is 29.0 Å². The van der Waals surface area contributed by atoms with E-state index in [4.69, 9.17) is 16.3 Å². The Morgan fingerprint density at radius 3 is 2.33 bits per heavy atom. The highest BCUT2D eigenvalue weighted by atomic mass is 35.5. The molecule has 10 heteroatoms. The van der Waals surface area contributed by atoms with Crippen LogP contribution in [0.4, 0.5) is 5.69 Å². The molecule has 3 rings (SSSR count). The Balaban J connectivity index is 2.05. The molecule has 1 N–H and O–H groups in total. The van der Waals surface area contributed by atoms with Crippen LogP contribution in [-0.4, -0.2) is 51.4 Å². The van der Waals surface area contributed by atoms with E-state index in [1.165, 1.54) is 23.1 Å². The molecule has 0 fully saturated rings. The van der Waals surface area contributed by atoms with E-state index in [9.17, 15) is 18.0 Å². The van der Waals surface area contributed by atoms with Gasteiger partial charge in [-0.25, -0.2) is 8.42 Å². The smallest absolute Gasteiger partial charge is 0.264 e. The molecule has 0 aliphatic heterocycles. The molecule has 0 aromatic heterocycles. The summed E-state index contributed by atoms with van der Waals surface area (Å²) in [4.78, 5) is 28.5. The molecule has 1 atom stereocenters. The second kappa shape index (κ2) is 13.7. The molecule has 8 nitrogen and oxygen atoms in total. The number of methoxy groups -OCH3 is 1. The zero-order chi connectivity index (χ0) is 29.4. The van der Waals surface area contributed by atoms with Crippen molar-refractivity contribution in [2.75, 3.05) is 24.5 Å². The van der Waals surface area contributed by atoms with Gasteiger partial charge in [0.15, 0.2) is 0 Å². The summed E-state index contributed by atoms with van der Waals surface area (Å²) < 4.78 is 34.2. The van der Waals surface area contributed by atoms with Crippen LogP contribution in [0.1, 0.15) is 31.9 Å². The first kappa shape index (κ1) is 31.0. The van der Waals surface area contributed by atoms with Gasteiger partial charge in [0, 0.05) is 18.1 Å². The fourth-order valence-corrected chi connectivity index (χ4v) is 5.74. The fraction of sp³-hybridized carbons (Fsp3) is 0.333. The Bertz CT molecular complexity index is 1430. The van der Waals surface area contributed by atoms with Crippen LogP contribution in [0.15, 0.2) is 77.7 Å². The first-order valence-electron chi connectivity index (χ1n) is 13.0. The number of amides is 2. The van der Waals surface area contributed by atoms with Gasteiger partial charge in [0.1, 0.15) is 18.3 Å². The van der Waals surface area contributed by atoms with Crippen molar-refractivity contribution in [2.45, 2.75) is 45.2 Å². The van der Waals surface area contributed by atoms with Crippen molar-refractivity contribution in [2.24, 2.45) is 5.92 Å². The minimum Gasteiger partial charge on any atom is -0.497 e. The molecule has 3 aromatic rings. The highest BCUT2D eigenvalue weighted by Gasteiger charge is 2.33. The monoisotopic (exact) mass is 585 g/mol. The molecule has 0 saturated heterocycles. The van der Waals surface area contributed by atoms with Crippen LogP contribution in [0, 0.1) is 12.8 Å². The first-order valence-corrected chi connectivity index (χ1v) is 14.8. The maximum Gasteiger partial charge on any atom is 0.264 e. The van der Waals surface area contributed by atoms with Gasteiger partial charge in [-0.3, -0.25) is 13.9 Å². The van der Waals surface area contributed by atoms with E-state index in [1.807, 2.05) is 19.9 Å². The maximum atomic E-state index is 14.0. The number of ether oxygens (including phenoxy) is 1. The molecular formula is C30H36ClN3O5S. The second-order valence-electron chi connectivity index (χ2n) is 9.94. The van der Waals surface area contributed by atoms with Gasteiger partial charge in [0.25, 0.3) is 10.0 Å². The lowest BCUT2D eigenvalue weighted by Crippen LogP contribution is -2.51. The topological polar surface area (TPSA) is 96.0 Å². The normalized spacial score (nSPS) is 12.1. The number of halogens is 1. The third-order valence-corrected chi connectivity index (χ3v) is 8.40. The van der Waals surface area contributed by atoms with Gasteiger partial charge in [-0.15, -0.1) is 0 Å². The van der Waals surface area contributed by atoms with Crippen LogP contribution in [0.2, 0.25) is 5.02 Å². The molecule has 0 unspecified atom stereocenters. The van der Waals surface area contributed by atoms with Gasteiger partial charge >= 0.3 is 0 Å². The summed E-state index contributed by atoms with van der Waals surface area (Å²) in [5.41, 5.74) is 1.63. The number of hydrogen-bond acceptors (Lipinski definition) is 5. The molecule has 0 saturated carbocycles. The van der Waals surface area contributed by atoms with Crippen molar-refractivity contribution in [3.05, 3.63) is 88.9 Å². The lowest BCUT2D eigenvalue weighted by molar-refractivity contribution is -0.139. The van der Waals surface area contributed by atoms with E-state index < -0.39 is 28.5 Å². The number of aryl methyl sites for hydroxylation is 1. The van der Waals surface area contributed by atoms with E-state index >= 15 is 0 Å². The van der Waals surface area contributed by atoms with Crippen LogP contribution >= 0.6 is 11.6 Å². The molecule has 3 aromatic carbocycles. The molecular weight excluding hydrogens is 550 g/mol. The van der Waals surface area contributed by atoms with Crippen molar-refractivity contribution >= 4 is 39.1 Å². The predicted octanol–water partition coefficient (Wildman–Crippen LogP) is 5.04. The number of anilines is 1. The van der Waals surface area contributed by atoms with Crippen LogP contribution < -0.4 is 14.4 Å². The summed E-state index contributed by atoms with van der Waals surface area (Å²) in [6.45, 7) is 7.31. The third-order valence-electron chi connectivity index (χ3n) is 6.39. The SMILES string of the molecule is COc1cccc(CN(C(=O)CN(c2cc(Cl)ccc2C)S(=O)(=O)c2ccccc2)[C@@H](C)C(=O)NCC(C)C)c1. The zero-order valence-corrected chi connectivity index (χ0v) is 25.0. The minimum absolute atomic E-state index is 0.0317. The summed E-state index contributed by atoms with van der Waals surface area (Å²) in [7, 11) is -2.62. The van der Waals surface area contributed by atoms with E-state index in [0.717, 1.165) is 9.87 Å². The maximum absolute atomic E-state index is 14.0.